The number of hydrogen-bond donors (Lipinski definition) is 2. The van der Waals surface area contributed by atoms with E-state index in [0.29, 0.717) is 17.0 Å². The fourth-order valence-electron chi connectivity index (χ4n) is 4.02. The van der Waals surface area contributed by atoms with Crippen LogP contribution in [0.15, 0.2) is 72.8 Å². The highest BCUT2D eigenvalue weighted by Gasteiger charge is 2.16. The molecule has 0 spiro atoms. The summed E-state index contributed by atoms with van der Waals surface area (Å²) in [6, 6.07) is 22.6. The summed E-state index contributed by atoms with van der Waals surface area (Å²) in [7, 11) is 0. The van der Waals surface area contributed by atoms with E-state index in [9.17, 15) is 9.59 Å². The average molecular weight is 429 g/mol. The van der Waals surface area contributed by atoms with E-state index in [2.05, 4.69) is 16.7 Å². The van der Waals surface area contributed by atoms with Gasteiger partial charge in [0.1, 0.15) is 5.75 Å². The summed E-state index contributed by atoms with van der Waals surface area (Å²) in [5, 5.41) is 5.80. The van der Waals surface area contributed by atoms with Gasteiger partial charge in [-0.15, -0.1) is 0 Å². The second-order valence-electron chi connectivity index (χ2n) is 8.13. The van der Waals surface area contributed by atoms with E-state index in [4.69, 9.17) is 4.74 Å². The van der Waals surface area contributed by atoms with Crippen LogP contribution in [-0.2, 0) is 17.6 Å². The quantitative estimate of drug-likeness (QED) is 0.552. The predicted molar refractivity (Wildman–Crippen MR) is 126 cm³/mol. The molecule has 0 aliphatic heterocycles. The summed E-state index contributed by atoms with van der Waals surface area (Å²) in [5.41, 5.74) is 4.57. The molecular formula is C27H28N2O3. The van der Waals surface area contributed by atoms with Gasteiger partial charge < -0.3 is 15.4 Å². The third-order valence-corrected chi connectivity index (χ3v) is 5.78. The Kier molecular flexibility index (Phi) is 6.85. The van der Waals surface area contributed by atoms with Gasteiger partial charge in [-0.2, -0.15) is 0 Å². The highest BCUT2D eigenvalue weighted by Crippen LogP contribution is 2.25. The monoisotopic (exact) mass is 428 g/mol. The van der Waals surface area contributed by atoms with Crippen molar-refractivity contribution in [3.05, 3.63) is 95.1 Å². The zero-order valence-electron chi connectivity index (χ0n) is 18.3. The SMILES string of the molecule is C[C@H](NC(=O)c1ccccc1NC(=O)COc1ccc2c(c1)CCCC2)c1ccccc1. The van der Waals surface area contributed by atoms with Crippen molar-refractivity contribution in [3.63, 3.8) is 0 Å². The predicted octanol–water partition coefficient (Wildman–Crippen LogP) is 5.07. The number of para-hydroxylation sites is 1. The number of amides is 2. The smallest absolute Gasteiger partial charge is 0.262 e. The molecule has 1 atom stereocenters. The molecule has 2 N–H and O–H groups in total. The Labute approximate surface area is 188 Å². The van der Waals surface area contributed by atoms with Crippen LogP contribution in [0.1, 0.15) is 52.9 Å². The number of fused-ring (bicyclic) bond motifs is 1. The molecule has 32 heavy (non-hydrogen) atoms. The number of carbonyl (C=O) groups is 2. The first kappa shape index (κ1) is 21.6. The van der Waals surface area contributed by atoms with Gasteiger partial charge in [0, 0.05) is 0 Å². The maximum Gasteiger partial charge on any atom is 0.262 e. The van der Waals surface area contributed by atoms with E-state index >= 15 is 0 Å². The second-order valence-corrected chi connectivity index (χ2v) is 8.13. The molecule has 5 heteroatoms. The van der Waals surface area contributed by atoms with E-state index in [0.717, 1.165) is 18.4 Å². The summed E-state index contributed by atoms with van der Waals surface area (Å²) in [6.07, 6.45) is 4.59. The fourth-order valence-corrected chi connectivity index (χ4v) is 4.02. The number of rotatable bonds is 7. The molecule has 0 saturated carbocycles. The molecule has 3 aromatic rings. The third-order valence-electron chi connectivity index (χ3n) is 5.78. The molecule has 0 fully saturated rings. The lowest BCUT2D eigenvalue weighted by atomic mass is 9.92. The van der Waals surface area contributed by atoms with Crippen LogP contribution in [0.5, 0.6) is 5.75 Å². The number of benzene rings is 3. The highest BCUT2D eigenvalue weighted by atomic mass is 16.5. The number of hydrogen-bond acceptors (Lipinski definition) is 3. The van der Waals surface area contributed by atoms with Gasteiger partial charge in [-0.05, 0) is 73.6 Å². The zero-order valence-corrected chi connectivity index (χ0v) is 18.3. The standard InChI is InChI=1S/C27H28N2O3/c1-19(20-9-3-2-4-10-20)28-27(31)24-13-7-8-14-25(24)29-26(30)18-32-23-16-15-21-11-5-6-12-22(21)17-23/h2-4,7-10,13-17,19H,5-6,11-12,18H2,1H3,(H,28,31)(H,29,30)/t19-/m0/s1. The van der Waals surface area contributed by atoms with Gasteiger partial charge in [-0.1, -0.05) is 48.5 Å². The molecule has 0 aromatic heterocycles. The summed E-state index contributed by atoms with van der Waals surface area (Å²) in [5.74, 6) is 0.149. The van der Waals surface area contributed by atoms with Crippen LogP contribution in [0.25, 0.3) is 0 Å². The first-order valence-corrected chi connectivity index (χ1v) is 11.1. The van der Waals surface area contributed by atoms with Crippen molar-refractivity contribution in [2.75, 3.05) is 11.9 Å². The third kappa shape index (κ3) is 5.35. The normalized spacial score (nSPS) is 13.5. The molecule has 0 unspecified atom stereocenters. The van der Waals surface area contributed by atoms with Crippen molar-refractivity contribution >= 4 is 17.5 Å². The topological polar surface area (TPSA) is 67.4 Å². The summed E-state index contributed by atoms with van der Waals surface area (Å²) < 4.78 is 5.72. The molecule has 164 valence electrons. The Balaban J connectivity index is 1.37. The average Bonchev–Trinajstić information content (AvgIpc) is 2.83. The number of carbonyl (C=O) groups excluding carboxylic acids is 2. The number of ether oxygens (including phenoxy) is 1. The molecule has 1 aliphatic rings. The lowest BCUT2D eigenvalue weighted by Gasteiger charge is -2.17. The molecule has 0 heterocycles. The van der Waals surface area contributed by atoms with E-state index in [1.54, 1.807) is 24.3 Å². The highest BCUT2D eigenvalue weighted by molar-refractivity contribution is 6.04. The second kappa shape index (κ2) is 10.1. The Morgan fingerprint density at radius 1 is 0.906 bits per heavy atom. The van der Waals surface area contributed by atoms with Crippen LogP contribution in [-0.4, -0.2) is 18.4 Å². The molecule has 4 rings (SSSR count). The van der Waals surface area contributed by atoms with Gasteiger partial charge in [-0.25, -0.2) is 0 Å². The van der Waals surface area contributed by atoms with Gasteiger partial charge in [-0.3, -0.25) is 9.59 Å². The maximum absolute atomic E-state index is 12.9. The number of nitrogens with one attached hydrogen (secondary N) is 2. The first-order valence-electron chi connectivity index (χ1n) is 11.1. The van der Waals surface area contributed by atoms with Crippen LogP contribution >= 0.6 is 0 Å². The molecular weight excluding hydrogens is 400 g/mol. The van der Waals surface area contributed by atoms with E-state index in [1.165, 1.54) is 24.0 Å². The molecule has 0 saturated heterocycles. The number of anilines is 1. The number of aryl methyl sites for hydroxylation is 2. The Hall–Kier alpha value is -3.60. The Morgan fingerprint density at radius 3 is 2.44 bits per heavy atom. The van der Waals surface area contributed by atoms with Crippen molar-refractivity contribution in [1.29, 1.82) is 0 Å². The van der Waals surface area contributed by atoms with Gasteiger partial charge in [0.05, 0.1) is 17.3 Å². The van der Waals surface area contributed by atoms with Crippen LogP contribution in [0.3, 0.4) is 0 Å². The molecule has 2 amide bonds. The van der Waals surface area contributed by atoms with E-state index in [1.807, 2.05) is 49.4 Å². The minimum atomic E-state index is -0.306. The van der Waals surface area contributed by atoms with Gasteiger partial charge >= 0.3 is 0 Å². The van der Waals surface area contributed by atoms with Crippen molar-refractivity contribution in [1.82, 2.24) is 5.32 Å². The lowest BCUT2D eigenvalue weighted by molar-refractivity contribution is -0.118. The van der Waals surface area contributed by atoms with Crippen molar-refractivity contribution < 1.29 is 14.3 Å². The molecule has 0 radical (unpaired) electrons. The molecule has 5 nitrogen and oxygen atoms in total. The van der Waals surface area contributed by atoms with Crippen LogP contribution < -0.4 is 15.4 Å². The van der Waals surface area contributed by atoms with Crippen molar-refractivity contribution in [2.24, 2.45) is 0 Å². The van der Waals surface area contributed by atoms with Gasteiger partial charge in [0.15, 0.2) is 6.61 Å². The van der Waals surface area contributed by atoms with Crippen LogP contribution in [0.4, 0.5) is 5.69 Å². The summed E-state index contributed by atoms with van der Waals surface area (Å²) >= 11 is 0. The minimum absolute atomic E-state index is 0.116. The summed E-state index contributed by atoms with van der Waals surface area (Å²) in [4.78, 5) is 25.4. The zero-order chi connectivity index (χ0) is 22.3. The van der Waals surface area contributed by atoms with E-state index in [-0.39, 0.29) is 24.5 Å². The van der Waals surface area contributed by atoms with E-state index < -0.39 is 0 Å². The van der Waals surface area contributed by atoms with Crippen molar-refractivity contribution in [2.45, 2.75) is 38.6 Å². The van der Waals surface area contributed by atoms with Gasteiger partial charge in [0.2, 0.25) is 0 Å². The molecule has 3 aromatic carbocycles. The lowest BCUT2D eigenvalue weighted by Crippen LogP contribution is -2.28. The summed E-state index contributed by atoms with van der Waals surface area (Å²) in [6.45, 7) is 1.82. The largest absolute Gasteiger partial charge is 0.484 e. The minimum Gasteiger partial charge on any atom is -0.484 e. The maximum atomic E-state index is 12.9. The fraction of sp³-hybridized carbons (Fsp3) is 0.259. The Morgan fingerprint density at radius 2 is 1.62 bits per heavy atom. The Bertz CT molecular complexity index is 1100. The first-order chi connectivity index (χ1) is 15.6. The van der Waals surface area contributed by atoms with Crippen LogP contribution in [0, 0.1) is 0 Å². The molecule has 0 bridgehead atoms. The molecule has 1 aliphatic carbocycles. The van der Waals surface area contributed by atoms with Gasteiger partial charge in [0.25, 0.3) is 11.8 Å². The van der Waals surface area contributed by atoms with Crippen molar-refractivity contribution in [3.8, 4) is 5.75 Å². The van der Waals surface area contributed by atoms with Crippen LogP contribution in [0.2, 0.25) is 0 Å².